The number of aryl methyl sites for hydroxylation is 1. The van der Waals surface area contributed by atoms with Crippen LogP contribution in [0.2, 0.25) is 0 Å². The Morgan fingerprint density at radius 1 is 1.05 bits per heavy atom. The number of halogens is 3. The number of anilines is 1. The molecule has 0 radical (unpaired) electrons. The first-order valence-electron chi connectivity index (χ1n) is 14.1. The summed E-state index contributed by atoms with van der Waals surface area (Å²) in [6.45, 7) is 18.5. The molecule has 0 N–H and O–H groups in total. The molecular weight excluding hydrogens is 493 g/mol. The van der Waals surface area contributed by atoms with Crippen molar-refractivity contribution in [3.8, 4) is 11.4 Å². The molecule has 38 heavy (non-hydrogen) atoms. The van der Waals surface area contributed by atoms with E-state index < -0.39 is 6.36 Å². The van der Waals surface area contributed by atoms with Crippen LogP contribution in [0, 0.1) is 24.7 Å². The highest BCUT2D eigenvalue weighted by Crippen LogP contribution is 2.29. The van der Waals surface area contributed by atoms with Gasteiger partial charge in [-0.2, -0.15) is 5.10 Å². The highest BCUT2D eigenvalue weighted by atomic mass is 19.4. The Bertz CT molecular complexity index is 952. The van der Waals surface area contributed by atoms with Gasteiger partial charge in [0.05, 0.1) is 18.9 Å². The monoisotopic (exact) mass is 538 g/mol. The minimum absolute atomic E-state index is 0.238. The Balaban J connectivity index is 0.000000299. The summed E-state index contributed by atoms with van der Waals surface area (Å²) in [5.74, 6) is 3.04. The van der Waals surface area contributed by atoms with Gasteiger partial charge < -0.3 is 19.3 Å². The summed E-state index contributed by atoms with van der Waals surface area (Å²) >= 11 is 0. The minimum Gasteiger partial charge on any atom is -0.406 e. The van der Waals surface area contributed by atoms with E-state index in [9.17, 15) is 13.2 Å². The number of nitrogens with zero attached hydrogens (tertiary/aromatic N) is 4. The summed E-state index contributed by atoms with van der Waals surface area (Å²) in [4.78, 5) is 4.86. The molecule has 0 amide bonds. The highest BCUT2D eigenvalue weighted by Gasteiger charge is 2.36. The van der Waals surface area contributed by atoms with Crippen molar-refractivity contribution >= 4 is 5.82 Å². The standard InChI is InChI=1S/C20H28F3N3O.C9H17NO/c1-5-12-25(13-11-15(3)6-2)19-14-16(4)26(24-19)17-7-9-18(10-8-17)27-20(21,22)23;1-2-3-10-4-8-6-11-7-9(8)5-10/h7-10,14-15H,5-6,11-13H2,1-4H3;8-9H,2-7H2,1H3. The van der Waals surface area contributed by atoms with E-state index in [-0.39, 0.29) is 5.75 Å². The molecule has 2 aliphatic heterocycles. The Morgan fingerprint density at radius 3 is 2.26 bits per heavy atom. The van der Waals surface area contributed by atoms with Gasteiger partial charge in [-0.05, 0) is 62.9 Å². The van der Waals surface area contributed by atoms with Crippen LogP contribution >= 0.6 is 0 Å². The van der Waals surface area contributed by atoms with Gasteiger partial charge >= 0.3 is 6.36 Å². The van der Waals surface area contributed by atoms with Gasteiger partial charge in [-0.3, -0.25) is 0 Å². The van der Waals surface area contributed by atoms with Crippen LogP contribution in [0.3, 0.4) is 0 Å². The lowest BCUT2D eigenvalue weighted by molar-refractivity contribution is -0.274. The second kappa shape index (κ2) is 14.2. The van der Waals surface area contributed by atoms with Crippen molar-refractivity contribution in [2.45, 2.75) is 66.7 Å². The van der Waals surface area contributed by atoms with E-state index >= 15 is 0 Å². The molecule has 1 aromatic carbocycles. The molecule has 3 atom stereocenters. The lowest BCUT2D eigenvalue weighted by atomic mass is 10.0. The molecule has 9 heteroatoms. The van der Waals surface area contributed by atoms with Crippen LogP contribution in [0.1, 0.15) is 59.1 Å². The summed E-state index contributed by atoms with van der Waals surface area (Å²) in [6.07, 6.45) is -0.117. The molecular formula is C29H45F3N4O2. The number of likely N-dealkylation sites (tertiary alicyclic amines) is 1. The number of alkyl halides is 3. The predicted molar refractivity (Wildman–Crippen MR) is 146 cm³/mol. The second-order valence-electron chi connectivity index (χ2n) is 10.7. The molecule has 2 fully saturated rings. The molecule has 3 heterocycles. The normalized spacial score (nSPS) is 20.1. The molecule has 0 aliphatic carbocycles. The molecule has 3 unspecified atom stereocenters. The van der Waals surface area contributed by atoms with Crippen LogP contribution in [-0.2, 0) is 4.74 Å². The quantitative estimate of drug-likeness (QED) is 0.318. The van der Waals surface area contributed by atoms with Crippen molar-refractivity contribution in [1.29, 1.82) is 0 Å². The Morgan fingerprint density at radius 2 is 1.71 bits per heavy atom. The minimum atomic E-state index is -4.69. The van der Waals surface area contributed by atoms with E-state index in [0.717, 1.165) is 68.9 Å². The Hall–Kier alpha value is -2.26. The number of fused-ring (bicyclic) bond motifs is 1. The van der Waals surface area contributed by atoms with Gasteiger partial charge in [0.15, 0.2) is 5.82 Å². The summed E-state index contributed by atoms with van der Waals surface area (Å²) in [7, 11) is 0. The van der Waals surface area contributed by atoms with Crippen molar-refractivity contribution in [2.24, 2.45) is 17.8 Å². The van der Waals surface area contributed by atoms with E-state index in [0.29, 0.717) is 11.6 Å². The van der Waals surface area contributed by atoms with Gasteiger partial charge in [-0.15, -0.1) is 13.2 Å². The zero-order valence-corrected chi connectivity index (χ0v) is 23.6. The average molecular weight is 539 g/mol. The molecule has 0 bridgehead atoms. The van der Waals surface area contributed by atoms with Crippen LogP contribution < -0.4 is 9.64 Å². The molecule has 214 valence electrons. The first kappa shape index (κ1) is 30.3. The van der Waals surface area contributed by atoms with E-state index in [2.05, 4.69) is 47.3 Å². The lowest BCUT2D eigenvalue weighted by Crippen LogP contribution is -2.27. The Kier molecular flexibility index (Phi) is 11.3. The fourth-order valence-corrected chi connectivity index (χ4v) is 5.14. The SMILES string of the molecule is CCCN(CCC(C)CC)c1cc(C)n(-c2ccc(OC(F)(F)F)cc2)n1.CCCN1CC2COCC2C1. The number of hydrogen-bond donors (Lipinski definition) is 0. The highest BCUT2D eigenvalue weighted by molar-refractivity contribution is 5.45. The van der Waals surface area contributed by atoms with Crippen molar-refractivity contribution < 1.29 is 22.6 Å². The van der Waals surface area contributed by atoms with Gasteiger partial charge in [0.2, 0.25) is 0 Å². The topological polar surface area (TPSA) is 42.8 Å². The number of hydrogen-bond acceptors (Lipinski definition) is 5. The van der Waals surface area contributed by atoms with Crippen LogP contribution in [0.25, 0.3) is 5.69 Å². The zero-order valence-electron chi connectivity index (χ0n) is 23.6. The van der Waals surface area contributed by atoms with Crippen molar-refractivity contribution in [3.05, 3.63) is 36.0 Å². The summed E-state index contributed by atoms with van der Waals surface area (Å²) in [5.41, 5.74) is 1.63. The van der Waals surface area contributed by atoms with E-state index in [1.54, 1.807) is 16.8 Å². The second-order valence-corrected chi connectivity index (χ2v) is 10.7. The fourth-order valence-electron chi connectivity index (χ4n) is 5.14. The third-order valence-electron chi connectivity index (χ3n) is 7.45. The smallest absolute Gasteiger partial charge is 0.406 e. The average Bonchev–Trinajstić information content (AvgIpc) is 3.57. The van der Waals surface area contributed by atoms with Crippen molar-refractivity contribution in [3.63, 3.8) is 0 Å². The van der Waals surface area contributed by atoms with Crippen LogP contribution in [-0.4, -0.2) is 67.0 Å². The molecule has 2 aromatic rings. The maximum atomic E-state index is 12.3. The lowest BCUT2D eigenvalue weighted by Gasteiger charge is -2.23. The number of rotatable bonds is 11. The molecule has 2 aliphatic rings. The Labute approximate surface area is 226 Å². The summed E-state index contributed by atoms with van der Waals surface area (Å²) < 4.78 is 48.0. The van der Waals surface area contributed by atoms with Gasteiger partial charge in [0.25, 0.3) is 0 Å². The summed E-state index contributed by atoms with van der Waals surface area (Å²) in [5, 5.41) is 4.69. The molecule has 1 aromatic heterocycles. The van der Waals surface area contributed by atoms with Crippen LogP contribution in [0.5, 0.6) is 5.75 Å². The van der Waals surface area contributed by atoms with Crippen molar-refractivity contribution in [2.75, 3.05) is 50.8 Å². The van der Waals surface area contributed by atoms with E-state index in [1.807, 2.05) is 13.0 Å². The largest absolute Gasteiger partial charge is 0.573 e. The van der Waals surface area contributed by atoms with Crippen molar-refractivity contribution in [1.82, 2.24) is 14.7 Å². The first-order chi connectivity index (χ1) is 18.1. The van der Waals surface area contributed by atoms with Gasteiger partial charge in [0.1, 0.15) is 5.75 Å². The molecule has 0 saturated carbocycles. The summed E-state index contributed by atoms with van der Waals surface area (Å²) in [6, 6.07) is 7.78. The third-order valence-corrected chi connectivity index (χ3v) is 7.45. The first-order valence-corrected chi connectivity index (χ1v) is 14.1. The van der Waals surface area contributed by atoms with E-state index in [1.165, 1.54) is 38.2 Å². The molecule has 4 rings (SSSR count). The van der Waals surface area contributed by atoms with Crippen LogP contribution in [0.15, 0.2) is 30.3 Å². The molecule has 2 saturated heterocycles. The van der Waals surface area contributed by atoms with Gasteiger partial charge in [-0.25, -0.2) is 4.68 Å². The zero-order chi connectivity index (χ0) is 27.7. The number of ether oxygens (including phenoxy) is 2. The maximum Gasteiger partial charge on any atom is 0.573 e. The van der Waals surface area contributed by atoms with Gasteiger partial charge in [0, 0.05) is 49.8 Å². The van der Waals surface area contributed by atoms with Gasteiger partial charge in [-0.1, -0.05) is 34.1 Å². The maximum absolute atomic E-state index is 12.3. The third kappa shape index (κ3) is 8.90. The number of benzene rings is 1. The molecule has 0 spiro atoms. The number of aromatic nitrogens is 2. The fraction of sp³-hybridized carbons (Fsp3) is 0.690. The van der Waals surface area contributed by atoms with E-state index in [4.69, 9.17) is 4.74 Å². The van der Waals surface area contributed by atoms with Crippen LogP contribution in [0.4, 0.5) is 19.0 Å². The predicted octanol–water partition coefficient (Wildman–Crippen LogP) is 6.71. The molecule has 6 nitrogen and oxygen atoms in total.